The van der Waals surface area contributed by atoms with Crippen LogP contribution in [0.3, 0.4) is 0 Å². The van der Waals surface area contributed by atoms with Crippen molar-refractivity contribution in [1.82, 2.24) is 9.80 Å². The van der Waals surface area contributed by atoms with E-state index in [0.717, 1.165) is 22.9 Å². The summed E-state index contributed by atoms with van der Waals surface area (Å²) in [4.78, 5) is 48.1. The summed E-state index contributed by atoms with van der Waals surface area (Å²) in [5.74, 6) is -2.35. The Hall–Kier alpha value is -3.49. The molecule has 2 saturated heterocycles. The van der Waals surface area contributed by atoms with E-state index in [4.69, 9.17) is 4.74 Å². The highest BCUT2D eigenvalue weighted by Crippen LogP contribution is 2.59. The summed E-state index contributed by atoms with van der Waals surface area (Å²) in [5.41, 5.74) is -1.62. The van der Waals surface area contributed by atoms with Gasteiger partial charge in [0, 0.05) is 25.3 Å². The number of likely N-dealkylation sites (tertiary alicyclic amines) is 1. The van der Waals surface area contributed by atoms with Crippen molar-refractivity contribution < 1.29 is 24.2 Å². The van der Waals surface area contributed by atoms with Crippen LogP contribution in [-0.4, -0.2) is 82.2 Å². The van der Waals surface area contributed by atoms with Crippen LogP contribution in [0.2, 0.25) is 0 Å². The van der Waals surface area contributed by atoms with Crippen LogP contribution in [0, 0.1) is 11.8 Å². The third-order valence-electron chi connectivity index (χ3n) is 9.24. The minimum absolute atomic E-state index is 0.113. The predicted octanol–water partition coefficient (Wildman–Crippen LogP) is 3.29. The van der Waals surface area contributed by atoms with Gasteiger partial charge in [-0.05, 0) is 42.7 Å². The molecule has 2 fully saturated rings. The quantitative estimate of drug-likeness (QED) is 0.565. The molecule has 2 aromatic rings. The number of hydrogen-bond donors (Lipinski definition) is 1. The van der Waals surface area contributed by atoms with Crippen molar-refractivity contribution in [2.45, 2.75) is 56.9 Å². The number of carbonyl (C=O) groups is 3. The molecule has 0 radical (unpaired) electrons. The first-order chi connectivity index (χ1) is 19.3. The standard InChI is InChI=1S/C32H37N3O5/c1-4-16-33-17-8-14-31(5-2)25(28(33)37)26-29(38)35(21(3)20-36)27-30(39)34(18-9-15-32(26,27)40-31)24-13-12-22-10-6-7-11-23(22)19-24/h6-15,19,21,25-27,36H,4-5,16-18,20H2,1-3H3/t21-,25-,26+,27?,31+,32+/m1/s1. The van der Waals surface area contributed by atoms with Gasteiger partial charge in [0.05, 0.1) is 30.1 Å². The number of nitrogens with zero attached hydrogens (tertiary/aromatic N) is 3. The maximum atomic E-state index is 14.6. The molecule has 40 heavy (non-hydrogen) atoms. The lowest BCUT2D eigenvalue weighted by atomic mass is 9.73. The van der Waals surface area contributed by atoms with Gasteiger partial charge >= 0.3 is 0 Å². The van der Waals surface area contributed by atoms with Crippen molar-refractivity contribution in [2.75, 3.05) is 31.1 Å². The fourth-order valence-corrected chi connectivity index (χ4v) is 7.36. The number of anilines is 1. The van der Waals surface area contributed by atoms with Crippen LogP contribution in [0.4, 0.5) is 5.69 Å². The number of benzene rings is 2. The Morgan fingerprint density at radius 3 is 2.42 bits per heavy atom. The lowest BCUT2D eigenvalue weighted by Crippen LogP contribution is -2.58. The molecule has 4 aliphatic heterocycles. The third kappa shape index (κ3) is 3.69. The van der Waals surface area contributed by atoms with E-state index in [2.05, 4.69) is 0 Å². The van der Waals surface area contributed by atoms with Gasteiger partial charge in [-0.3, -0.25) is 14.4 Å². The number of aliphatic hydroxyl groups excluding tert-OH is 1. The van der Waals surface area contributed by atoms with E-state index >= 15 is 0 Å². The summed E-state index contributed by atoms with van der Waals surface area (Å²) in [6.07, 6.45) is 8.96. The van der Waals surface area contributed by atoms with E-state index < -0.39 is 35.1 Å². The zero-order valence-corrected chi connectivity index (χ0v) is 23.3. The van der Waals surface area contributed by atoms with Crippen molar-refractivity contribution in [2.24, 2.45) is 11.8 Å². The second kappa shape index (κ2) is 9.85. The van der Waals surface area contributed by atoms with E-state index in [1.165, 1.54) is 4.90 Å². The lowest BCUT2D eigenvalue weighted by Gasteiger charge is -2.40. The van der Waals surface area contributed by atoms with Gasteiger partial charge in [-0.2, -0.15) is 0 Å². The Balaban J connectivity index is 1.50. The average molecular weight is 544 g/mol. The van der Waals surface area contributed by atoms with Gasteiger partial charge in [0.25, 0.3) is 5.91 Å². The number of hydrogen-bond acceptors (Lipinski definition) is 5. The zero-order chi connectivity index (χ0) is 28.2. The molecule has 4 heterocycles. The Labute approximate surface area is 234 Å². The lowest BCUT2D eigenvalue weighted by molar-refractivity contribution is -0.152. The van der Waals surface area contributed by atoms with E-state index in [1.54, 1.807) is 16.7 Å². The molecular weight excluding hydrogens is 506 g/mol. The van der Waals surface area contributed by atoms with E-state index in [-0.39, 0.29) is 24.3 Å². The SMILES string of the molecule is CCCN1CC=C[C@]2(CC)O[C@]34C=CCN(c5ccc6ccccc6c5)C(=O)C3N([C@H](C)CO)C(=O)[C@@H]4[C@@H]2C1=O. The monoisotopic (exact) mass is 543 g/mol. The number of ether oxygens (including phenoxy) is 1. The molecule has 6 rings (SSSR count). The fraction of sp³-hybridized carbons (Fsp3) is 0.469. The molecule has 1 spiro atoms. The molecule has 3 amide bonds. The van der Waals surface area contributed by atoms with Crippen molar-refractivity contribution in [3.63, 3.8) is 0 Å². The van der Waals surface area contributed by atoms with Crippen LogP contribution in [0.1, 0.15) is 33.6 Å². The minimum atomic E-state index is -1.33. The normalized spacial score (nSPS) is 32.2. The van der Waals surface area contributed by atoms with Gasteiger partial charge in [0.2, 0.25) is 11.8 Å². The average Bonchev–Trinajstić information content (AvgIpc) is 3.27. The molecule has 6 atom stereocenters. The second-order valence-corrected chi connectivity index (χ2v) is 11.5. The van der Waals surface area contributed by atoms with Crippen molar-refractivity contribution in [3.05, 3.63) is 66.8 Å². The predicted molar refractivity (Wildman–Crippen MR) is 152 cm³/mol. The van der Waals surface area contributed by atoms with Gasteiger partial charge in [-0.1, -0.05) is 68.5 Å². The first kappa shape index (κ1) is 26.7. The van der Waals surface area contributed by atoms with Crippen LogP contribution < -0.4 is 4.90 Å². The topological polar surface area (TPSA) is 90.4 Å². The van der Waals surface area contributed by atoms with Crippen LogP contribution >= 0.6 is 0 Å². The molecule has 0 bridgehead atoms. The van der Waals surface area contributed by atoms with Gasteiger partial charge in [-0.15, -0.1) is 0 Å². The number of fused-ring (bicyclic) bond motifs is 3. The van der Waals surface area contributed by atoms with E-state index in [9.17, 15) is 19.5 Å². The smallest absolute Gasteiger partial charge is 0.253 e. The first-order valence-corrected chi connectivity index (χ1v) is 14.4. The van der Waals surface area contributed by atoms with Gasteiger partial charge < -0.3 is 24.5 Å². The molecule has 0 saturated carbocycles. The summed E-state index contributed by atoms with van der Waals surface area (Å²) in [6, 6.07) is 12.2. The van der Waals surface area contributed by atoms with Crippen LogP contribution in [0.25, 0.3) is 10.8 Å². The Bertz CT molecular complexity index is 1420. The van der Waals surface area contributed by atoms with E-state index in [1.807, 2.05) is 80.6 Å². The fourth-order valence-electron chi connectivity index (χ4n) is 7.36. The summed E-state index contributed by atoms with van der Waals surface area (Å²) >= 11 is 0. The van der Waals surface area contributed by atoms with Crippen LogP contribution in [0.15, 0.2) is 66.8 Å². The summed E-state index contributed by atoms with van der Waals surface area (Å²) in [6.45, 7) is 6.77. The van der Waals surface area contributed by atoms with Gasteiger partial charge in [0.1, 0.15) is 11.6 Å². The van der Waals surface area contributed by atoms with Gasteiger partial charge in [0.15, 0.2) is 0 Å². The molecule has 2 aromatic carbocycles. The number of carbonyl (C=O) groups excluding carboxylic acids is 3. The number of amides is 3. The molecule has 0 aromatic heterocycles. The molecule has 8 heteroatoms. The van der Waals surface area contributed by atoms with Crippen molar-refractivity contribution in [3.8, 4) is 0 Å². The van der Waals surface area contributed by atoms with E-state index in [0.29, 0.717) is 26.1 Å². The Morgan fingerprint density at radius 1 is 0.950 bits per heavy atom. The Kier molecular flexibility index (Phi) is 6.58. The largest absolute Gasteiger partial charge is 0.394 e. The molecule has 1 N–H and O–H groups in total. The molecule has 8 nitrogen and oxygen atoms in total. The van der Waals surface area contributed by atoms with Crippen LogP contribution in [-0.2, 0) is 19.1 Å². The highest BCUT2D eigenvalue weighted by atomic mass is 16.5. The minimum Gasteiger partial charge on any atom is -0.394 e. The third-order valence-corrected chi connectivity index (χ3v) is 9.24. The number of rotatable bonds is 6. The summed E-state index contributed by atoms with van der Waals surface area (Å²) < 4.78 is 6.98. The van der Waals surface area contributed by atoms with Gasteiger partial charge in [-0.25, -0.2) is 0 Å². The first-order valence-electron chi connectivity index (χ1n) is 14.4. The molecule has 1 unspecified atom stereocenters. The second-order valence-electron chi connectivity index (χ2n) is 11.5. The van der Waals surface area contributed by atoms with Crippen molar-refractivity contribution in [1.29, 1.82) is 0 Å². The summed E-state index contributed by atoms with van der Waals surface area (Å²) in [7, 11) is 0. The zero-order valence-electron chi connectivity index (χ0n) is 23.3. The van der Waals surface area contributed by atoms with Crippen LogP contribution in [0.5, 0.6) is 0 Å². The number of aliphatic hydroxyl groups is 1. The maximum absolute atomic E-state index is 14.6. The Morgan fingerprint density at radius 2 is 1.70 bits per heavy atom. The maximum Gasteiger partial charge on any atom is 0.253 e. The summed E-state index contributed by atoms with van der Waals surface area (Å²) in [5, 5.41) is 12.3. The highest BCUT2D eigenvalue weighted by Gasteiger charge is 2.75. The molecular formula is C32H37N3O5. The highest BCUT2D eigenvalue weighted by molar-refractivity contribution is 6.06. The molecule has 210 valence electrons. The molecule has 0 aliphatic carbocycles. The molecule has 4 aliphatic rings. The van der Waals surface area contributed by atoms with Crippen molar-refractivity contribution >= 4 is 34.2 Å².